The molecule has 0 N–H and O–H groups in total. The number of aromatic nitrogens is 3. The molecule has 3 aromatic heterocycles. The molecule has 0 aliphatic rings. The van der Waals surface area contributed by atoms with Crippen molar-refractivity contribution < 1.29 is 0 Å². The quantitative estimate of drug-likeness (QED) is 0.191. The number of thiophene rings is 1. The fraction of sp³-hybridized carbons (Fsp3) is 0. The lowest BCUT2D eigenvalue weighted by atomic mass is 9.95. The van der Waals surface area contributed by atoms with Crippen LogP contribution >= 0.6 is 11.3 Å². The molecule has 4 heteroatoms. The molecule has 0 atom stereocenters. The maximum atomic E-state index is 5.38. The Hall–Kier alpha value is -5.58. The predicted molar refractivity (Wildman–Crippen MR) is 187 cm³/mol. The molecule has 3 nitrogen and oxygen atoms in total. The van der Waals surface area contributed by atoms with Gasteiger partial charge < -0.3 is 0 Å². The molecule has 0 saturated carbocycles. The number of hydrogen-bond donors (Lipinski definition) is 0. The van der Waals surface area contributed by atoms with Gasteiger partial charge in [-0.05, 0) is 29.0 Å². The van der Waals surface area contributed by atoms with E-state index in [1.165, 1.54) is 52.5 Å². The van der Waals surface area contributed by atoms with Crippen LogP contribution in [0.4, 0.5) is 0 Å². The molecule has 0 aliphatic heterocycles. The van der Waals surface area contributed by atoms with Crippen LogP contribution in [0.2, 0.25) is 0 Å². The Bertz CT molecular complexity index is 2770. The van der Waals surface area contributed by atoms with E-state index in [4.69, 9.17) is 9.97 Å². The van der Waals surface area contributed by atoms with Gasteiger partial charge in [0.2, 0.25) is 5.95 Å². The maximum absolute atomic E-state index is 5.38. The summed E-state index contributed by atoms with van der Waals surface area (Å²) in [6.07, 6.45) is 0. The minimum absolute atomic E-state index is 0.685. The number of rotatable bonds is 2. The fourth-order valence-corrected chi connectivity index (χ4v) is 8.35. The first kappa shape index (κ1) is 23.9. The maximum Gasteiger partial charge on any atom is 0.235 e. The highest BCUT2D eigenvalue weighted by molar-refractivity contribution is 7.27. The number of benzene rings is 7. The first-order valence-corrected chi connectivity index (χ1v) is 15.7. The molecule has 7 aromatic carbocycles. The zero-order chi connectivity index (χ0) is 28.8. The average molecular weight is 578 g/mol. The molecule has 0 saturated heterocycles. The fourth-order valence-electron chi connectivity index (χ4n) is 7.12. The van der Waals surface area contributed by atoms with E-state index < -0.39 is 0 Å². The van der Waals surface area contributed by atoms with Crippen LogP contribution in [0, 0.1) is 0 Å². The van der Waals surface area contributed by atoms with Crippen molar-refractivity contribution in [3.05, 3.63) is 140 Å². The van der Waals surface area contributed by atoms with Crippen molar-refractivity contribution in [2.45, 2.75) is 0 Å². The summed E-state index contributed by atoms with van der Waals surface area (Å²) in [5.41, 5.74) is 5.22. The van der Waals surface area contributed by atoms with Crippen molar-refractivity contribution in [1.29, 1.82) is 0 Å². The normalized spacial score (nSPS) is 12.1. The Labute approximate surface area is 256 Å². The van der Waals surface area contributed by atoms with Crippen molar-refractivity contribution in [1.82, 2.24) is 14.5 Å². The number of para-hydroxylation sites is 2. The average Bonchev–Trinajstić information content (AvgIpc) is 3.64. The topological polar surface area (TPSA) is 30.7 Å². The van der Waals surface area contributed by atoms with E-state index in [1.807, 2.05) is 11.3 Å². The van der Waals surface area contributed by atoms with Crippen molar-refractivity contribution in [3.8, 4) is 17.2 Å². The van der Waals surface area contributed by atoms with Gasteiger partial charge in [-0.2, -0.15) is 0 Å². The van der Waals surface area contributed by atoms with Crippen LogP contribution in [-0.2, 0) is 0 Å². The highest BCUT2D eigenvalue weighted by atomic mass is 32.1. The van der Waals surface area contributed by atoms with Crippen LogP contribution in [0.3, 0.4) is 0 Å². The van der Waals surface area contributed by atoms with E-state index in [0.29, 0.717) is 5.95 Å². The van der Waals surface area contributed by atoms with Gasteiger partial charge in [-0.3, -0.25) is 4.57 Å². The monoisotopic (exact) mass is 577 g/mol. The van der Waals surface area contributed by atoms with Gasteiger partial charge >= 0.3 is 0 Å². The van der Waals surface area contributed by atoms with Crippen LogP contribution < -0.4 is 0 Å². The highest BCUT2D eigenvalue weighted by Gasteiger charge is 2.24. The molecule has 0 unspecified atom stereocenters. The van der Waals surface area contributed by atoms with Gasteiger partial charge in [-0.15, -0.1) is 11.3 Å². The molecule has 10 rings (SSSR count). The Morgan fingerprint density at radius 1 is 0.477 bits per heavy atom. The molecular formula is C40H23N3S. The van der Waals surface area contributed by atoms with Gasteiger partial charge in [-0.1, -0.05) is 121 Å². The van der Waals surface area contributed by atoms with E-state index in [9.17, 15) is 0 Å². The van der Waals surface area contributed by atoms with Gasteiger partial charge in [-0.25, -0.2) is 9.97 Å². The summed E-state index contributed by atoms with van der Waals surface area (Å²) in [5, 5.41) is 11.1. The number of nitrogens with zero attached hydrogens (tertiary/aromatic N) is 3. The van der Waals surface area contributed by atoms with E-state index in [0.717, 1.165) is 33.2 Å². The molecule has 0 radical (unpaired) electrons. The minimum atomic E-state index is 0.685. The Morgan fingerprint density at radius 2 is 1.18 bits per heavy atom. The molecule has 44 heavy (non-hydrogen) atoms. The Kier molecular flexibility index (Phi) is 4.87. The molecule has 0 aliphatic carbocycles. The lowest BCUT2D eigenvalue weighted by Gasteiger charge is -2.13. The van der Waals surface area contributed by atoms with E-state index in [-0.39, 0.29) is 0 Å². The third-order valence-electron chi connectivity index (χ3n) is 8.97. The summed E-state index contributed by atoms with van der Waals surface area (Å²) in [5.74, 6) is 0.685. The second-order valence-corrected chi connectivity index (χ2v) is 12.4. The number of fused-ring (bicyclic) bond motifs is 13. The van der Waals surface area contributed by atoms with Gasteiger partial charge in [0.05, 0.1) is 22.2 Å². The van der Waals surface area contributed by atoms with E-state index in [2.05, 4.69) is 144 Å². The first-order valence-electron chi connectivity index (χ1n) is 14.9. The third-order valence-corrected chi connectivity index (χ3v) is 10.2. The Morgan fingerprint density at radius 3 is 2.07 bits per heavy atom. The van der Waals surface area contributed by atoms with Crippen molar-refractivity contribution in [2.24, 2.45) is 0 Å². The third kappa shape index (κ3) is 3.20. The van der Waals surface area contributed by atoms with Crippen LogP contribution in [0.15, 0.2) is 140 Å². The van der Waals surface area contributed by atoms with Gasteiger partial charge in [0.25, 0.3) is 0 Å². The zero-order valence-corrected chi connectivity index (χ0v) is 24.3. The zero-order valence-electron chi connectivity index (χ0n) is 23.5. The molecule has 0 fully saturated rings. The van der Waals surface area contributed by atoms with Crippen molar-refractivity contribution in [2.75, 3.05) is 0 Å². The summed E-state index contributed by atoms with van der Waals surface area (Å²) < 4.78 is 4.91. The van der Waals surface area contributed by atoms with Crippen LogP contribution in [-0.4, -0.2) is 14.5 Å². The van der Waals surface area contributed by atoms with Gasteiger partial charge in [0.1, 0.15) is 0 Å². The standard InChI is InChI=1S/C40H23N3S/c1-2-13-25(14-3-1)37-27-16-6-9-19-31(27)41-40(42-37)43-32-20-10-7-17-28(32)35-34-26-15-5-4-12-24(26)22-23-30(34)39-36(38(35)43)29-18-8-11-21-33(29)44-39/h1-23H. The second-order valence-electron chi connectivity index (χ2n) is 11.3. The van der Waals surface area contributed by atoms with Crippen molar-refractivity contribution >= 4 is 85.8 Å². The lowest BCUT2D eigenvalue weighted by Crippen LogP contribution is -2.03. The lowest BCUT2D eigenvalue weighted by molar-refractivity contribution is 1.02. The smallest absolute Gasteiger partial charge is 0.235 e. The molecule has 0 amide bonds. The predicted octanol–water partition coefficient (Wildman–Crippen LogP) is 11.1. The molecule has 0 bridgehead atoms. The molecule has 0 spiro atoms. The van der Waals surface area contributed by atoms with Crippen molar-refractivity contribution in [3.63, 3.8) is 0 Å². The number of hydrogen-bond acceptors (Lipinski definition) is 3. The SMILES string of the molecule is c1ccc(-c2nc(-n3c4ccccc4c4c5c6ccccc6ccc5c5sc6ccccc6c5c43)nc3ccccc23)cc1. The summed E-state index contributed by atoms with van der Waals surface area (Å²) in [7, 11) is 0. The Balaban J connectivity index is 1.50. The highest BCUT2D eigenvalue weighted by Crippen LogP contribution is 2.49. The summed E-state index contributed by atoms with van der Waals surface area (Å²) in [6, 6.07) is 49.7. The first-order chi connectivity index (χ1) is 21.8. The van der Waals surface area contributed by atoms with Crippen LogP contribution in [0.25, 0.3) is 91.6 Å². The van der Waals surface area contributed by atoms with E-state index >= 15 is 0 Å². The summed E-state index contributed by atoms with van der Waals surface area (Å²) >= 11 is 1.88. The van der Waals surface area contributed by atoms with Crippen LogP contribution in [0.1, 0.15) is 0 Å². The molecule has 3 heterocycles. The summed E-state index contributed by atoms with van der Waals surface area (Å²) in [4.78, 5) is 10.7. The molecular weight excluding hydrogens is 555 g/mol. The minimum Gasteiger partial charge on any atom is -0.277 e. The van der Waals surface area contributed by atoms with Gasteiger partial charge in [0, 0.05) is 52.7 Å². The van der Waals surface area contributed by atoms with Gasteiger partial charge in [0.15, 0.2) is 0 Å². The molecule has 204 valence electrons. The molecule has 10 aromatic rings. The second kappa shape index (κ2) is 8.96. The van der Waals surface area contributed by atoms with Crippen LogP contribution in [0.5, 0.6) is 0 Å². The largest absolute Gasteiger partial charge is 0.277 e. The summed E-state index contributed by atoms with van der Waals surface area (Å²) in [6.45, 7) is 0. The van der Waals surface area contributed by atoms with E-state index in [1.54, 1.807) is 0 Å².